The van der Waals surface area contributed by atoms with E-state index in [1.54, 1.807) is 0 Å². The zero-order valence-corrected chi connectivity index (χ0v) is 11.9. The molecule has 0 aromatic heterocycles. The van der Waals surface area contributed by atoms with Crippen molar-refractivity contribution in [3.8, 4) is 0 Å². The van der Waals surface area contributed by atoms with Gasteiger partial charge in [0.05, 0.1) is 16.8 Å². The first-order chi connectivity index (χ1) is 8.71. The number of aliphatic hydroxyl groups excluding tert-OH is 1. The summed E-state index contributed by atoms with van der Waals surface area (Å²) in [6.07, 6.45) is -0.692. The number of halogens is 2. The van der Waals surface area contributed by atoms with Gasteiger partial charge in [0.15, 0.2) is 5.82 Å². The standard InChI is InChI=1S/C13H18ClFN2O2/c1-13(2,3)10(18)7-16-12(19)17-9-6-4-5-8(14)11(9)15/h4-6,10,18H,7H2,1-3H3,(H2,16,17,19). The van der Waals surface area contributed by atoms with Gasteiger partial charge in [-0.3, -0.25) is 0 Å². The van der Waals surface area contributed by atoms with Gasteiger partial charge in [-0.2, -0.15) is 0 Å². The molecule has 1 aromatic carbocycles. The molecule has 1 unspecified atom stereocenters. The van der Waals surface area contributed by atoms with E-state index in [0.29, 0.717) is 0 Å². The van der Waals surface area contributed by atoms with Gasteiger partial charge in [0.1, 0.15) is 0 Å². The third kappa shape index (κ3) is 4.69. The lowest BCUT2D eigenvalue weighted by Gasteiger charge is -2.25. The molecule has 19 heavy (non-hydrogen) atoms. The highest BCUT2D eigenvalue weighted by molar-refractivity contribution is 6.31. The van der Waals surface area contributed by atoms with E-state index in [2.05, 4.69) is 10.6 Å². The zero-order chi connectivity index (χ0) is 14.6. The number of hydrogen-bond acceptors (Lipinski definition) is 2. The van der Waals surface area contributed by atoms with E-state index < -0.39 is 18.0 Å². The van der Waals surface area contributed by atoms with Crippen LogP contribution < -0.4 is 10.6 Å². The van der Waals surface area contributed by atoms with Crippen LogP contribution in [0.5, 0.6) is 0 Å². The second kappa shape index (κ2) is 6.21. The SMILES string of the molecule is CC(C)(C)C(O)CNC(=O)Nc1cccc(Cl)c1F. The Kier molecular flexibility index (Phi) is 5.14. The van der Waals surface area contributed by atoms with Gasteiger partial charge in [0.25, 0.3) is 0 Å². The molecule has 3 N–H and O–H groups in total. The molecule has 0 fully saturated rings. The monoisotopic (exact) mass is 288 g/mol. The maximum Gasteiger partial charge on any atom is 0.319 e. The highest BCUT2D eigenvalue weighted by atomic mass is 35.5. The van der Waals surface area contributed by atoms with Crippen molar-refractivity contribution in [3.63, 3.8) is 0 Å². The minimum atomic E-state index is -0.692. The molecule has 1 rings (SSSR count). The molecule has 0 radical (unpaired) electrons. The lowest BCUT2D eigenvalue weighted by Crippen LogP contribution is -2.41. The van der Waals surface area contributed by atoms with Crippen molar-refractivity contribution in [2.75, 3.05) is 11.9 Å². The molecule has 2 amide bonds. The van der Waals surface area contributed by atoms with Crippen LogP contribution in [0.15, 0.2) is 18.2 Å². The lowest BCUT2D eigenvalue weighted by atomic mass is 9.89. The van der Waals surface area contributed by atoms with Gasteiger partial charge in [0, 0.05) is 6.54 Å². The average Bonchev–Trinajstić information content (AvgIpc) is 2.30. The van der Waals surface area contributed by atoms with E-state index in [9.17, 15) is 14.3 Å². The third-order valence-corrected chi connectivity index (χ3v) is 2.95. The molecule has 0 saturated heterocycles. The summed E-state index contributed by atoms with van der Waals surface area (Å²) in [5, 5.41) is 14.5. The van der Waals surface area contributed by atoms with E-state index in [4.69, 9.17) is 11.6 Å². The number of anilines is 1. The quantitative estimate of drug-likeness (QED) is 0.801. The third-order valence-electron chi connectivity index (χ3n) is 2.66. The van der Waals surface area contributed by atoms with E-state index in [1.165, 1.54) is 18.2 Å². The second-order valence-electron chi connectivity index (χ2n) is 5.32. The van der Waals surface area contributed by atoms with Crippen LogP contribution in [0, 0.1) is 11.2 Å². The van der Waals surface area contributed by atoms with Gasteiger partial charge in [0.2, 0.25) is 0 Å². The van der Waals surface area contributed by atoms with Crippen molar-refractivity contribution >= 4 is 23.3 Å². The van der Waals surface area contributed by atoms with Crippen LogP contribution >= 0.6 is 11.6 Å². The van der Waals surface area contributed by atoms with Crippen LogP contribution in [0.3, 0.4) is 0 Å². The minimum absolute atomic E-state index is 0.00440. The fraction of sp³-hybridized carbons (Fsp3) is 0.462. The van der Waals surface area contributed by atoms with Gasteiger partial charge in [-0.25, -0.2) is 9.18 Å². The van der Waals surface area contributed by atoms with Gasteiger partial charge >= 0.3 is 6.03 Å². The molecule has 0 heterocycles. The van der Waals surface area contributed by atoms with Crippen molar-refractivity contribution in [2.24, 2.45) is 5.41 Å². The molecule has 0 bridgehead atoms. The predicted octanol–water partition coefficient (Wildman–Crippen LogP) is 3.01. The van der Waals surface area contributed by atoms with Gasteiger partial charge < -0.3 is 15.7 Å². The normalized spacial score (nSPS) is 12.9. The first-order valence-electron chi connectivity index (χ1n) is 5.88. The first kappa shape index (κ1) is 15.7. The number of carbonyl (C=O) groups excluding carboxylic acids is 1. The Bertz CT molecular complexity index is 460. The summed E-state index contributed by atoms with van der Waals surface area (Å²) >= 11 is 5.60. The van der Waals surface area contributed by atoms with E-state index in [-0.39, 0.29) is 22.7 Å². The molecule has 0 aliphatic heterocycles. The summed E-state index contributed by atoms with van der Waals surface area (Å²) < 4.78 is 13.5. The summed E-state index contributed by atoms with van der Waals surface area (Å²) in [5.74, 6) is -0.685. The van der Waals surface area contributed by atoms with Gasteiger partial charge in [-0.05, 0) is 17.5 Å². The van der Waals surface area contributed by atoms with E-state index >= 15 is 0 Å². The van der Waals surface area contributed by atoms with Gasteiger partial charge in [-0.15, -0.1) is 0 Å². The van der Waals surface area contributed by atoms with E-state index in [1.807, 2.05) is 20.8 Å². The second-order valence-corrected chi connectivity index (χ2v) is 5.73. The Balaban J connectivity index is 2.55. The molecule has 6 heteroatoms. The number of rotatable bonds is 3. The van der Waals surface area contributed by atoms with Crippen LogP contribution in [0.1, 0.15) is 20.8 Å². The maximum absolute atomic E-state index is 13.5. The molecule has 0 spiro atoms. The molecule has 1 atom stereocenters. The largest absolute Gasteiger partial charge is 0.391 e. The smallest absolute Gasteiger partial charge is 0.319 e. The maximum atomic E-state index is 13.5. The molecule has 106 valence electrons. The Morgan fingerprint density at radius 2 is 2.11 bits per heavy atom. The predicted molar refractivity (Wildman–Crippen MR) is 73.9 cm³/mol. The van der Waals surface area contributed by atoms with Crippen LogP contribution in [0.4, 0.5) is 14.9 Å². The molecular formula is C13H18ClFN2O2. The van der Waals surface area contributed by atoms with Crippen LogP contribution in [-0.4, -0.2) is 23.8 Å². The minimum Gasteiger partial charge on any atom is -0.391 e. The topological polar surface area (TPSA) is 61.4 Å². The fourth-order valence-corrected chi connectivity index (χ4v) is 1.44. The highest BCUT2D eigenvalue weighted by Crippen LogP contribution is 2.22. The van der Waals surface area contributed by atoms with Crippen molar-refractivity contribution in [2.45, 2.75) is 26.9 Å². The van der Waals surface area contributed by atoms with Crippen LogP contribution in [0.2, 0.25) is 5.02 Å². The number of benzene rings is 1. The molecule has 0 aliphatic carbocycles. The van der Waals surface area contributed by atoms with Crippen LogP contribution in [0.25, 0.3) is 0 Å². The Hall–Kier alpha value is -1.33. The molecule has 4 nitrogen and oxygen atoms in total. The number of aliphatic hydroxyl groups is 1. The first-order valence-corrected chi connectivity index (χ1v) is 6.26. The number of hydrogen-bond donors (Lipinski definition) is 3. The van der Waals surface area contributed by atoms with E-state index in [0.717, 1.165) is 0 Å². The number of nitrogens with one attached hydrogen (secondary N) is 2. The summed E-state index contributed by atoms with van der Waals surface area (Å²) in [7, 11) is 0. The Labute approximate surface area is 117 Å². The summed E-state index contributed by atoms with van der Waals surface area (Å²) in [4.78, 5) is 11.6. The molecule has 0 aliphatic rings. The Morgan fingerprint density at radius 1 is 1.47 bits per heavy atom. The molecular weight excluding hydrogens is 271 g/mol. The fourth-order valence-electron chi connectivity index (χ4n) is 1.26. The van der Waals surface area contributed by atoms with Crippen molar-refractivity contribution < 1.29 is 14.3 Å². The molecule has 1 aromatic rings. The highest BCUT2D eigenvalue weighted by Gasteiger charge is 2.22. The van der Waals surface area contributed by atoms with Crippen LogP contribution in [-0.2, 0) is 0 Å². The van der Waals surface area contributed by atoms with Gasteiger partial charge in [-0.1, -0.05) is 38.4 Å². The lowest BCUT2D eigenvalue weighted by molar-refractivity contribution is 0.0654. The summed E-state index contributed by atoms with van der Waals surface area (Å²) in [6, 6.07) is 3.74. The molecule has 0 saturated carbocycles. The number of amides is 2. The summed E-state index contributed by atoms with van der Waals surface area (Å²) in [6.45, 7) is 5.65. The van der Waals surface area contributed by atoms with Crippen molar-refractivity contribution in [3.05, 3.63) is 29.0 Å². The number of urea groups is 1. The number of carbonyl (C=O) groups is 1. The summed E-state index contributed by atoms with van der Waals surface area (Å²) in [5.41, 5.74) is -0.343. The Morgan fingerprint density at radius 3 is 2.68 bits per heavy atom. The average molecular weight is 289 g/mol. The zero-order valence-electron chi connectivity index (χ0n) is 11.1. The van der Waals surface area contributed by atoms with Crippen molar-refractivity contribution in [1.29, 1.82) is 0 Å². The van der Waals surface area contributed by atoms with Crippen molar-refractivity contribution in [1.82, 2.24) is 5.32 Å².